The highest BCUT2D eigenvalue weighted by Gasteiger charge is 2.42. The van der Waals surface area contributed by atoms with Gasteiger partial charge in [-0.3, -0.25) is 4.90 Å². The zero-order valence-electron chi connectivity index (χ0n) is 10.6. The molecule has 1 spiro atoms. The number of hydrogen-bond acceptors (Lipinski definition) is 2. The maximum Gasteiger partial charge on any atom is 0.0335 e. The van der Waals surface area contributed by atoms with Crippen LogP contribution in [0.3, 0.4) is 0 Å². The zero-order chi connectivity index (χ0) is 10.9. The lowest BCUT2D eigenvalue weighted by Gasteiger charge is -2.44. The number of piperidine rings is 1. The third kappa shape index (κ3) is 2.36. The van der Waals surface area contributed by atoms with Crippen LogP contribution in [-0.4, -0.2) is 36.1 Å². The van der Waals surface area contributed by atoms with Crippen molar-refractivity contribution in [3.05, 3.63) is 0 Å². The first-order valence-corrected chi connectivity index (χ1v) is 6.61. The van der Waals surface area contributed by atoms with E-state index in [1.165, 1.54) is 45.3 Å². The molecular formula is C13H26N2. The van der Waals surface area contributed by atoms with Crippen molar-refractivity contribution in [1.29, 1.82) is 0 Å². The quantitative estimate of drug-likeness (QED) is 0.752. The van der Waals surface area contributed by atoms with Crippen LogP contribution in [0, 0.1) is 5.92 Å². The molecule has 2 atom stereocenters. The van der Waals surface area contributed by atoms with Crippen LogP contribution in [0.4, 0.5) is 0 Å². The van der Waals surface area contributed by atoms with Crippen molar-refractivity contribution in [2.24, 2.45) is 5.92 Å². The van der Waals surface area contributed by atoms with E-state index in [1.807, 2.05) is 0 Å². The van der Waals surface area contributed by atoms with Gasteiger partial charge in [-0.1, -0.05) is 13.8 Å². The van der Waals surface area contributed by atoms with Gasteiger partial charge in [-0.15, -0.1) is 0 Å². The molecular weight excluding hydrogens is 184 g/mol. The summed E-state index contributed by atoms with van der Waals surface area (Å²) in [6, 6.07) is 0.733. The van der Waals surface area contributed by atoms with Gasteiger partial charge in [-0.25, -0.2) is 0 Å². The Kier molecular flexibility index (Phi) is 3.36. The average molecular weight is 210 g/mol. The molecule has 0 saturated carbocycles. The smallest absolute Gasteiger partial charge is 0.0335 e. The Morgan fingerprint density at radius 3 is 2.80 bits per heavy atom. The van der Waals surface area contributed by atoms with E-state index in [4.69, 9.17) is 0 Å². The van der Waals surface area contributed by atoms with Crippen molar-refractivity contribution in [1.82, 2.24) is 10.2 Å². The lowest BCUT2D eigenvalue weighted by molar-refractivity contribution is 0.0829. The first kappa shape index (κ1) is 11.4. The fourth-order valence-electron chi connectivity index (χ4n) is 3.24. The Morgan fingerprint density at radius 2 is 2.20 bits per heavy atom. The monoisotopic (exact) mass is 210 g/mol. The van der Waals surface area contributed by atoms with Gasteiger partial charge in [0.2, 0.25) is 0 Å². The number of hydrogen-bond donors (Lipinski definition) is 1. The minimum atomic E-state index is 0.525. The van der Waals surface area contributed by atoms with Crippen molar-refractivity contribution in [2.75, 3.05) is 19.6 Å². The Hall–Kier alpha value is -0.0800. The standard InChI is InChI=1S/C13H26N2/c1-11(2)9-15-8-4-6-13(15)7-5-12(3)14-10-13/h11-12,14H,4-10H2,1-3H3. The molecule has 2 heteroatoms. The van der Waals surface area contributed by atoms with Crippen LogP contribution in [0.1, 0.15) is 46.5 Å². The fraction of sp³-hybridized carbons (Fsp3) is 1.00. The normalized spacial score (nSPS) is 38.0. The van der Waals surface area contributed by atoms with Crippen LogP contribution in [0.25, 0.3) is 0 Å². The SMILES string of the molecule is CC(C)CN1CCCC12CCC(C)NC2. The molecule has 0 aromatic heterocycles. The van der Waals surface area contributed by atoms with Gasteiger partial charge in [0.15, 0.2) is 0 Å². The molecule has 2 aliphatic heterocycles. The summed E-state index contributed by atoms with van der Waals surface area (Å²) < 4.78 is 0. The lowest BCUT2D eigenvalue weighted by atomic mass is 9.85. The largest absolute Gasteiger partial charge is 0.312 e. The molecule has 15 heavy (non-hydrogen) atoms. The molecule has 0 aromatic rings. The van der Waals surface area contributed by atoms with E-state index in [0.717, 1.165) is 12.0 Å². The molecule has 88 valence electrons. The van der Waals surface area contributed by atoms with Crippen LogP contribution < -0.4 is 5.32 Å². The predicted molar refractivity (Wildman–Crippen MR) is 65.1 cm³/mol. The van der Waals surface area contributed by atoms with Crippen LogP contribution >= 0.6 is 0 Å². The summed E-state index contributed by atoms with van der Waals surface area (Å²) in [5.41, 5.74) is 0.525. The summed E-state index contributed by atoms with van der Waals surface area (Å²) in [6.45, 7) is 10.8. The van der Waals surface area contributed by atoms with Gasteiger partial charge >= 0.3 is 0 Å². The Balaban J connectivity index is 1.99. The molecule has 2 saturated heterocycles. The third-order valence-corrected chi connectivity index (χ3v) is 4.15. The van der Waals surface area contributed by atoms with E-state index < -0.39 is 0 Å². The minimum Gasteiger partial charge on any atom is -0.312 e. The van der Waals surface area contributed by atoms with E-state index in [-0.39, 0.29) is 0 Å². The number of rotatable bonds is 2. The van der Waals surface area contributed by atoms with E-state index in [2.05, 4.69) is 31.0 Å². The lowest BCUT2D eigenvalue weighted by Crippen LogP contribution is -2.57. The van der Waals surface area contributed by atoms with Gasteiger partial charge in [-0.05, 0) is 45.1 Å². The van der Waals surface area contributed by atoms with Crippen molar-refractivity contribution in [3.63, 3.8) is 0 Å². The van der Waals surface area contributed by atoms with Gasteiger partial charge in [0.25, 0.3) is 0 Å². The van der Waals surface area contributed by atoms with Crippen LogP contribution in [-0.2, 0) is 0 Å². The third-order valence-electron chi connectivity index (χ3n) is 4.15. The minimum absolute atomic E-state index is 0.525. The molecule has 2 unspecified atom stereocenters. The van der Waals surface area contributed by atoms with Gasteiger partial charge in [0.1, 0.15) is 0 Å². The molecule has 0 amide bonds. The Labute approximate surface area is 94.4 Å². The number of nitrogens with one attached hydrogen (secondary N) is 1. The first-order chi connectivity index (χ1) is 7.12. The topological polar surface area (TPSA) is 15.3 Å². The van der Waals surface area contributed by atoms with Crippen molar-refractivity contribution >= 4 is 0 Å². The summed E-state index contributed by atoms with van der Waals surface area (Å²) in [6.07, 6.45) is 5.59. The highest BCUT2D eigenvalue weighted by atomic mass is 15.2. The van der Waals surface area contributed by atoms with Crippen LogP contribution in [0.15, 0.2) is 0 Å². The number of nitrogens with zero attached hydrogens (tertiary/aromatic N) is 1. The summed E-state index contributed by atoms with van der Waals surface area (Å²) >= 11 is 0. The maximum atomic E-state index is 3.68. The van der Waals surface area contributed by atoms with E-state index in [1.54, 1.807) is 0 Å². The van der Waals surface area contributed by atoms with Crippen molar-refractivity contribution < 1.29 is 0 Å². The van der Waals surface area contributed by atoms with Crippen LogP contribution in [0.2, 0.25) is 0 Å². The van der Waals surface area contributed by atoms with Crippen molar-refractivity contribution in [2.45, 2.75) is 58.0 Å². The van der Waals surface area contributed by atoms with E-state index in [0.29, 0.717) is 5.54 Å². The highest BCUT2D eigenvalue weighted by molar-refractivity contribution is 5.01. The van der Waals surface area contributed by atoms with E-state index in [9.17, 15) is 0 Å². The van der Waals surface area contributed by atoms with Gasteiger partial charge < -0.3 is 5.32 Å². The zero-order valence-corrected chi connectivity index (χ0v) is 10.6. The molecule has 0 bridgehead atoms. The molecule has 2 rings (SSSR count). The second-order valence-electron chi connectivity index (χ2n) is 5.99. The van der Waals surface area contributed by atoms with E-state index >= 15 is 0 Å². The molecule has 2 nitrogen and oxygen atoms in total. The maximum absolute atomic E-state index is 3.68. The second-order valence-corrected chi connectivity index (χ2v) is 5.99. The summed E-state index contributed by atoms with van der Waals surface area (Å²) in [5.74, 6) is 0.805. The highest BCUT2D eigenvalue weighted by Crippen LogP contribution is 2.36. The molecule has 2 fully saturated rings. The Morgan fingerprint density at radius 1 is 1.40 bits per heavy atom. The second kappa shape index (κ2) is 4.42. The molecule has 0 radical (unpaired) electrons. The summed E-state index contributed by atoms with van der Waals surface area (Å²) in [7, 11) is 0. The molecule has 1 N–H and O–H groups in total. The average Bonchev–Trinajstić information content (AvgIpc) is 2.54. The summed E-state index contributed by atoms with van der Waals surface area (Å²) in [5, 5.41) is 3.68. The number of likely N-dealkylation sites (tertiary alicyclic amines) is 1. The van der Waals surface area contributed by atoms with Crippen LogP contribution in [0.5, 0.6) is 0 Å². The molecule has 0 aliphatic carbocycles. The van der Waals surface area contributed by atoms with Gasteiger partial charge in [-0.2, -0.15) is 0 Å². The molecule has 2 heterocycles. The Bertz CT molecular complexity index is 205. The fourth-order valence-corrected chi connectivity index (χ4v) is 3.24. The molecule has 0 aromatic carbocycles. The summed E-state index contributed by atoms with van der Waals surface area (Å²) in [4.78, 5) is 2.76. The predicted octanol–water partition coefficient (Wildman–Crippen LogP) is 2.25. The first-order valence-electron chi connectivity index (χ1n) is 6.61. The van der Waals surface area contributed by atoms with Gasteiger partial charge in [0.05, 0.1) is 0 Å². The van der Waals surface area contributed by atoms with Gasteiger partial charge in [0, 0.05) is 24.7 Å². The molecule has 2 aliphatic rings. The van der Waals surface area contributed by atoms with Crippen molar-refractivity contribution in [3.8, 4) is 0 Å².